The van der Waals surface area contributed by atoms with Crippen LogP contribution in [-0.2, 0) is 0 Å². The van der Waals surface area contributed by atoms with Crippen molar-refractivity contribution in [1.29, 1.82) is 0 Å². The van der Waals surface area contributed by atoms with Crippen LogP contribution >= 0.6 is 0 Å². The largest absolute Gasteiger partial charge is 0.267 e. The summed E-state index contributed by atoms with van der Waals surface area (Å²) in [6.07, 6.45) is 0. The van der Waals surface area contributed by atoms with Gasteiger partial charge >= 0.3 is 0 Å². The molecule has 0 heterocycles. The Balaban J connectivity index is 4.30. The van der Waals surface area contributed by atoms with E-state index in [1.54, 1.807) is 11.1 Å². The molecule has 0 aliphatic heterocycles. The molecule has 0 spiro atoms. The lowest BCUT2D eigenvalue weighted by Gasteiger charge is -2.17. The maximum Gasteiger partial charge on any atom is 0.267 e. The van der Waals surface area contributed by atoms with Gasteiger partial charge in [0, 0.05) is 0 Å². The minimum absolute atomic E-state index is 0.521. The van der Waals surface area contributed by atoms with Crippen LogP contribution in [0.5, 0.6) is 0 Å². The van der Waals surface area contributed by atoms with Gasteiger partial charge in [-0.05, 0) is 20.8 Å². The second-order valence-corrected chi connectivity index (χ2v) is 9.19. The third-order valence-corrected chi connectivity index (χ3v) is 7.47. The van der Waals surface area contributed by atoms with Gasteiger partial charge in [-0.3, -0.25) is 0 Å². The first-order valence-corrected chi connectivity index (χ1v) is 8.90. The molecule has 15 heavy (non-hydrogen) atoms. The van der Waals surface area contributed by atoms with Gasteiger partial charge in [0.05, 0.1) is 0 Å². The molecular formula is C14H29Al. The molecule has 0 aliphatic carbocycles. The molecule has 0 aliphatic rings. The highest BCUT2D eigenvalue weighted by Crippen LogP contribution is 2.22. The topological polar surface area (TPSA) is 0 Å². The first kappa shape index (κ1) is 15.3. The summed E-state index contributed by atoms with van der Waals surface area (Å²) in [5.74, 6) is 1.79. The van der Waals surface area contributed by atoms with Gasteiger partial charge in [-0.15, -0.1) is 0 Å². The number of allylic oxidation sites excluding steroid dienone is 2. The van der Waals surface area contributed by atoms with Gasteiger partial charge in [0.1, 0.15) is 0 Å². The first-order chi connectivity index (χ1) is 6.82. The van der Waals surface area contributed by atoms with Crippen LogP contribution in [0, 0.1) is 11.8 Å². The quantitative estimate of drug-likeness (QED) is 0.432. The van der Waals surface area contributed by atoms with E-state index in [1.165, 1.54) is 15.8 Å². The zero-order chi connectivity index (χ0) is 12.0. The van der Waals surface area contributed by atoms with E-state index in [9.17, 15) is 0 Å². The SMILES string of the molecule is CC(C)=C(C)[CH2][Al]([CH2]C(C)C)[CH2]C(C)C. The van der Waals surface area contributed by atoms with Gasteiger partial charge in [0.15, 0.2) is 0 Å². The fourth-order valence-electron chi connectivity index (χ4n) is 2.23. The summed E-state index contributed by atoms with van der Waals surface area (Å²) < 4.78 is 0. The van der Waals surface area contributed by atoms with Crippen LogP contribution in [0.3, 0.4) is 0 Å². The maximum atomic E-state index is 2.37. The van der Waals surface area contributed by atoms with Crippen molar-refractivity contribution in [2.24, 2.45) is 11.8 Å². The van der Waals surface area contributed by atoms with E-state index in [2.05, 4.69) is 48.5 Å². The molecule has 0 nitrogen and oxygen atoms in total. The molecule has 0 bridgehead atoms. The van der Waals surface area contributed by atoms with Crippen molar-refractivity contribution >= 4 is 14.1 Å². The van der Waals surface area contributed by atoms with E-state index in [1.807, 2.05) is 0 Å². The summed E-state index contributed by atoms with van der Waals surface area (Å²) >= 11 is -0.521. The van der Waals surface area contributed by atoms with Gasteiger partial charge < -0.3 is 0 Å². The fraction of sp³-hybridized carbons (Fsp3) is 0.857. The van der Waals surface area contributed by atoms with Crippen LogP contribution in [0.4, 0.5) is 0 Å². The zero-order valence-electron chi connectivity index (χ0n) is 11.9. The van der Waals surface area contributed by atoms with Crippen molar-refractivity contribution in [3.63, 3.8) is 0 Å². The van der Waals surface area contributed by atoms with Crippen molar-refractivity contribution in [2.45, 2.75) is 64.3 Å². The molecule has 0 aromatic carbocycles. The molecule has 0 saturated heterocycles. The Morgan fingerprint density at radius 2 is 1.27 bits per heavy atom. The van der Waals surface area contributed by atoms with E-state index in [0.29, 0.717) is 0 Å². The smallest absolute Gasteiger partial charge is 0.0913 e. The molecule has 88 valence electrons. The van der Waals surface area contributed by atoms with E-state index in [4.69, 9.17) is 0 Å². The molecule has 0 unspecified atom stereocenters. The average Bonchev–Trinajstić information content (AvgIpc) is 2.00. The van der Waals surface area contributed by atoms with Crippen molar-refractivity contribution in [3.05, 3.63) is 11.1 Å². The molecular weight excluding hydrogens is 195 g/mol. The van der Waals surface area contributed by atoms with Gasteiger partial charge in [-0.25, -0.2) is 0 Å². The molecule has 0 aromatic rings. The van der Waals surface area contributed by atoms with Gasteiger partial charge in [-0.1, -0.05) is 66.5 Å². The Kier molecular flexibility index (Phi) is 7.67. The molecule has 1 heteroatoms. The van der Waals surface area contributed by atoms with Crippen LogP contribution < -0.4 is 0 Å². The van der Waals surface area contributed by atoms with Crippen LogP contribution in [-0.4, -0.2) is 14.1 Å². The van der Waals surface area contributed by atoms with Crippen molar-refractivity contribution in [1.82, 2.24) is 0 Å². The second kappa shape index (κ2) is 7.53. The summed E-state index contributed by atoms with van der Waals surface area (Å²) in [6, 6.07) is 0. The normalized spacial score (nSPS) is 11.0. The summed E-state index contributed by atoms with van der Waals surface area (Å²) in [6.45, 7) is 16.3. The zero-order valence-corrected chi connectivity index (χ0v) is 13.0. The molecule has 0 rings (SSSR count). The monoisotopic (exact) mass is 224 g/mol. The van der Waals surface area contributed by atoms with Crippen LogP contribution in [0.1, 0.15) is 48.5 Å². The standard InChI is InChI=1S/C6H11.2C4H9.Al/c1-5(2)6(3)4;2*1-4(2)3;/h1H2,2-4H3;2*4H,1H2,2-3H3;. The Morgan fingerprint density at radius 3 is 1.53 bits per heavy atom. The molecule has 0 amide bonds. The van der Waals surface area contributed by atoms with Crippen LogP contribution in [0.2, 0.25) is 15.8 Å². The number of rotatable bonds is 6. The van der Waals surface area contributed by atoms with Crippen molar-refractivity contribution < 1.29 is 0 Å². The molecule has 0 saturated carbocycles. The maximum absolute atomic E-state index is 2.37. The lowest BCUT2D eigenvalue weighted by Crippen LogP contribution is -2.18. The summed E-state index contributed by atoms with van der Waals surface area (Å²) in [4.78, 5) is 0. The van der Waals surface area contributed by atoms with Crippen LogP contribution in [0.15, 0.2) is 11.1 Å². The Hall–Kier alpha value is 0.272. The Labute approximate surface area is 102 Å². The number of hydrogen-bond acceptors (Lipinski definition) is 0. The highest BCUT2D eigenvalue weighted by atomic mass is 27.2. The van der Waals surface area contributed by atoms with E-state index in [-0.39, 0.29) is 0 Å². The fourth-order valence-corrected chi connectivity index (χ4v) is 6.70. The minimum atomic E-state index is -0.521. The first-order valence-electron chi connectivity index (χ1n) is 6.45. The van der Waals surface area contributed by atoms with Crippen molar-refractivity contribution in [2.75, 3.05) is 0 Å². The summed E-state index contributed by atoms with van der Waals surface area (Å²) in [5, 5.41) is 4.48. The molecule has 0 fully saturated rings. The summed E-state index contributed by atoms with van der Waals surface area (Å²) in [5.41, 5.74) is 3.20. The third-order valence-electron chi connectivity index (χ3n) is 3.06. The Morgan fingerprint density at radius 1 is 0.867 bits per heavy atom. The third kappa shape index (κ3) is 8.12. The van der Waals surface area contributed by atoms with E-state index < -0.39 is 14.1 Å². The predicted octanol–water partition coefficient (Wildman–Crippen LogP) is 5.15. The lowest BCUT2D eigenvalue weighted by atomic mass is 10.2. The van der Waals surface area contributed by atoms with Gasteiger partial charge in [0.2, 0.25) is 0 Å². The van der Waals surface area contributed by atoms with Gasteiger partial charge in [0.25, 0.3) is 14.1 Å². The van der Waals surface area contributed by atoms with Crippen LogP contribution in [0.25, 0.3) is 0 Å². The highest BCUT2D eigenvalue weighted by molar-refractivity contribution is 6.59. The van der Waals surface area contributed by atoms with Gasteiger partial charge in [-0.2, -0.15) is 0 Å². The highest BCUT2D eigenvalue weighted by Gasteiger charge is 2.20. The number of hydrogen-bond donors (Lipinski definition) is 0. The second-order valence-electron chi connectivity index (χ2n) is 6.11. The minimum Gasteiger partial charge on any atom is -0.0913 e. The van der Waals surface area contributed by atoms with Crippen molar-refractivity contribution in [3.8, 4) is 0 Å². The molecule has 0 N–H and O–H groups in total. The van der Waals surface area contributed by atoms with E-state index >= 15 is 0 Å². The van der Waals surface area contributed by atoms with E-state index in [0.717, 1.165) is 11.8 Å². The predicted molar refractivity (Wildman–Crippen MR) is 73.9 cm³/mol. The molecule has 0 radical (unpaired) electrons. The summed E-state index contributed by atoms with van der Waals surface area (Å²) in [7, 11) is 0. The lowest BCUT2D eigenvalue weighted by molar-refractivity contribution is 0.688. The average molecular weight is 224 g/mol. The molecule has 0 atom stereocenters. The Bertz CT molecular complexity index is 187. The molecule has 0 aromatic heterocycles.